The number of amides is 1. The summed E-state index contributed by atoms with van der Waals surface area (Å²) >= 11 is 2.66. The molecule has 1 unspecified atom stereocenters. The zero-order valence-corrected chi connectivity index (χ0v) is 23.8. The molecule has 0 spiro atoms. The van der Waals surface area contributed by atoms with Crippen molar-refractivity contribution < 1.29 is 28.5 Å². The summed E-state index contributed by atoms with van der Waals surface area (Å²) in [5.74, 6) is -0.986. The third-order valence-electron chi connectivity index (χ3n) is 6.45. The van der Waals surface area contributed by atoms with Gasteiger partial charge in [0.1, 0.15) is 17.5 Å². The van der Waals surface area contributed by atoms with E-state index in [9.17, 15) is 23.8 Å². The number of nitrogens with one attached hydrogen (secondary N) is 1. The first-order valence-electron chi connectivity index (χ1n) is 12.9. The minimum Gasteiger partial charge on any atom is -0.504 e. The van der Waals surface area contributed by atoms with Crippen LogP contribution in [-0.4, -0.2) is 64.2 Å². The summed E-state index contributed by atoms with van der Waals surface area (Å²) in [6.07, 6.45) is 4.80. The maximum atomic E-state index is 13.4. The number of β-amino-alcohol motifs (C(OH)–C–C–N with tert-alkyl or cyclic N) is 1. The summed E-state index contributed by atoms with van der Waals surface area (Å²) < 4.78 is 34.2. The van der Waals surface area contributed by atoms with Crippen molar-refractivity contribution in [3.05, 3.63) is 53.6 Å². The Kier molecular flexibility index (Phi) is 11.4. The van der Waals surface area contributed by atoms with Crippen molar-refractivity contribution >= 4 is 29.6 Å². The summed E-state index contributed by atoms with van der Waals surface area (Å²) in [4.78, 5) is 15.9. The smallest absolute Gasteiger partial charge is 0.262 e. The Morgan fingerprint density at radius 3 is 2.49 bits per heavy atom. The lowest BCUT2D eigenvalue weighted by atomic mass is 9.95. The van der Waals surface area contributed by atoms with Gasteiger partial charge in [0.25, 0.3) is 5.91 Å². The second-order valence-corrected chi connectivity index (χ2v) is 12.2. The molecule has 4 rings (SSSR count). The number of carbonyl (C=O) groups excluding carboxylic acids is 1. The number of nitrogens with zero attached hydrogens (tertiary/aromatic N) is 2. The van der Waals surface area contributed by atoms with E-state index in [0.717, 1.165) is 74.0 Å². The molecule has 0 radical (unpaired) electrons. The number of aliphatic hydroxyl groups is 1. The van der Waals surface area contributed by atoms with Crippen molar-refractivity contribution in [2.24, 2.45) is 0 Å². The molecule has 2 heterocycles. The number of phenols is 1. The first kappa shape index (κ1) is 31.2. The summed E-state index contributed by atoms with van der Waals surface area (Å²) in [6, 6.07) is 10.7. The number of benzene rings is 2. The number of rotatable bonds is 9. The summed E-state index contributed by atoms with van der Waals surface area (Å²) in [5, 5.41) is 27.7. The highest BCUT2D eigenvalue weighted by molar-refractivity contribution is 7.99. The Morgan fingerprint density at radius 2 is 1.87 bits per heavy atom. The van der Waals surface area contributed by atoms with Gasteiger partial charge in [0.05, 0.1) is 11.2 Å². The number of unbranched alkanes of at least 4 members (excludes halogenated alkanes) is 1. The topological polar surface area (TPSA) is 106 Å². The molecule has 3 N–H and O–H groups in total. The fraction of sp³-hybridized carbons (Fsp3) is 0.500. The molecule has 2 fully saturated rings. The maximum Gasteiger partial charge on any atom is 0.262 e. The van der Waals surface area contributed by atoms with Gasteiger partial charge >= 0.3 is 0 Å². The molecule has 2 aromatic carbocycles. The number of nitriles is 1. The number of aromatic hydroxyl groups is 1. The van der Waals surface area contributed by atoms with Crippen molar-refractivity contribution in [3.8, 4) is 11.8 Å². The van der Waals surface area contributed by atoms with Gasteiger partial charge in [0.15, 0.2) is 11.6 Å². The number of hydrogen-bond donors (Lipinski definition) is 3. The normalized spacial score (nSPS) is 20.2. The van der Waals surface area contributed by atoms with Crippen LogP contribution in [0, 0.1) is 23.0 Å². The van der Waals surface area contributed by atoms with Crippen LogP contribution in [0.3, 0.4) is 0 Å². The van der Waals surface area contributed by atoms with Crippen LogP contribution < -0.4 is 4.72 Å². The number of phenolic OH excluding ortho intramolecular Hbond substituents is 1. The molecule has 0 bridgehead atoms. The zero-order chi connectivity index (χ0) is 28.5. The van der Waals surface area contributed by atoms with Crippen molar-refractivity contribution in [1.29, 1.82) is 5.26 Å². The quantitative estimate of drug-likeness (QED) is 0.210. The molecular weight excluding hydrogens is 544 g/mol. The second-order valence-electron chi connectivity index (χ2n) is 10.2. The fourth-order valence-electron chi connectivity index (χ4n) is 4.28. The summed E-state index contributed by atoms with van der Waals surface area (Å²) in [6.45, 7) is 6.82. The predicted molar refractivity (Wildman–Crippen MR) is 148 cm³/mol. The zero-order valence-electron chi connectivity index (χ0n) is 22.2. The number of likely N-dealkylation sites (tertiary alicyclic amines) is 1. The molecule has 1 atom stereocenters. The number of carbonyl (C=O) groups is 1. The van der Waals surface area contributed by atoms with Crippen LogP contribution in [0.25, 0.3) is 0 Å². The maximum absolute atomic E-state index is 13.4. The van der Waals surface area contributed by atoms with Crippen LogP contribution in [0.15, 0.2) is 46.2 Å². The minimum absolute atomic E-state index is 0.174. The van der Waals surface area contributed by atoms with Crippen LogP contribution >= 0.6 is 23.7 Å². The molecule has 0 aliphatic carbocycles. The van der Waals surface area contributed by atoms with E-state index in [1.807, 2.05) is 19.1 Å². The Hall–Kier alpha value is -2.36. The SMILES string of the molecule is CC1(C(=O)NSc2cc(F)c(O)c(C#N)c2)CCCCO1.CC1(O)CN(CCCCSc2ccc(F)cc2)C1. The Morgan fingerprint density at radius 1 is 1.15 bits per heavy atom. The first-order valence-corrected chi connectivity index (χ1v) is 14.7. The van der Waals surface area contributed by atoms with Gasteiger partial charge in [-0.3, -0.25) is 14.4 Å². The highest BCUT2D eigenvalue weighted by Gasteiger charge is 2.36. The third kappa shape index (κ3) is 9.65. The van der Waals surface area contributed by atoms with Crippen molar-refractivity contribution in [2.45, 2.75) is 66.9 Å². The van der Waals surface area contributed by atoms with E-state index >= 15 is 0 Å². The molecule has 0 aromatic heterocycles. The van der Waals surface area contributed by atoms with Crippen LogP contribution in [0.1, 0.15) is 51.5 Å². The highest BCUT2D eigenvalue weighted by atomic mass is 32.2. The van der Waals surface area contributed by atoms with E-state index in [0.29, 0.717) is 17.9 Å². The van der Waals surface area contributed by atoms with E-state index in [1.165, 1.54) is 18.2 Å². The van der Waals surface area contributed by atoms with E-state index < -0.39 is 22.8 Å². The molecule has 2 aliphatic heterocycles. The monoisotopic (exact) mass is 579 g/mol. The number of hydrogen-bond acceptors (Lipinski definition) is 8. The van der Waals surface area contributed by atoms with E-state index in [-0.39, 0.29) is 17.3 Å². The second kappa shape index (κ2) is 14.3. The fourth-order valence-corrected chi connectivity index (χ4v) is 5.96. The van der Waals surface area contributed by atoms with Gasteiger partial charge < -0.3 is 14.9 Å². The lowest BCUT2D eigenvalue weighted by molar-refractivity contribution is -0.148. The Bertz CT molecular complexity index is 1140. The molecule has 2 aromatic rings. The Balaban J connectivity index is 0.000000218. The number of halogens is 2. The van der Waals surface area contributed by atoms with Crippen molar-refractivity contribution in [1.82, 2.24) is 9.62 Å². The van der Waals surface area contributed by atoms with E-state index in [2.05, 4.69) is 9.62 Å². The molecule has 2 aliphatic rings. The lowest BCUT2D eigenvalue weighted by Gasteiger charge is -2.44. The lowest BCUT2D eigenvalue weighted by Crippen LogP contribution is -2.59. The van der Waals surface area contributed by atoms with Crippen LogP contribution in [0.2, 0.25) is 0 Å². The molecule has 0 saturated carbocycles. The van der Waals surface area contributed by atoms with Gasteiger partial charge in [0, 0.05) is 29.5 Å². The van der Waals surface area contributed by atoms with Gasteiger partial charge in [-0.1, -0.05) is 0 Å². The molecular formula is C28H35F2N3O4S2. The highest BCUT2D eigenvalue weighted by Crippen LogP contribution is 2.29. The number of ether oxygens (including phenoxy) is 1. The van der Waals surface area contributed by atoms with E-state index in [4.69, 9.17) is 10.00 Å². The van der Waals surface area contributed by atoms with Crippen LogP contribution in [-0.2, 0) is 9.53 Å². The van der Waals surface area contributed by atoms with Crippen molar-refractivity contribution in [3.63, 3.8) is 0 Å². The molecule has 2 saturated heterocycles. The van der Waals surface area contributed by atoms with Gasteiger partial charge in [-0.2, -0.15) is 5.26 Å². The molecule has 7 nitrogen and oxygen atoms in total. The summed E-state index contributed by atoms with van der Waals surface area (Å²) in [7, 11) is 0. The van der Waals surface area contributed by atoms with Crippen LogP contribution in [0.4, 0.5) is 8.78 Å². The van der Waals surface area contributed by atoms with Gasteiger partial charge in [-0.05, 0) is 107 Å². The molecule has 11 heteroatoms. The molecule has 1 amide bonds. The Labute approximate surface area is 237 Å². The van der Waals surface area contributed by atoms with Crippen molar-refractivity contribution in [2.75, 3.05) is 32.0 Å². The average Bonchev–Trinajstić information content (AvgIpc) is 2.89. The summed E-state index contributed by atoms with van der Waals surface area (Å²) in [5.41, 5.74) is -1.51. The van der Waals surface area contributed by atoms with Crippen LogP contribution in [0.5, 0.6) is 5.75 Å². The van der Waals surface area contributed by atoms with E-state index in [1.54, 1.807) is 24.8 Å². The third-order valence-corrected chi connectivity index (χ3v) is 8.30. The molecule has 212 valence electrons. The minimum atomic E-state index is -0.897. The number of thioether (sulfide) groups is 1. The first-order chi connectivity index (χ1) is 18.5. The predicted octanol–water partition coefficient (Wildman–Crippen LogP) is 5.25. The average molecular weight is 580 g/mol. The molecule has 39 heavy (non-hydrogen) atoms. The van der Waals surface area contributed by atoms with Gasteiger partial charge in [0.2, 0.25) is 0 Å². The standard InChI is InChI=1S/C14H15FN2O3S.C14H20FNOS/c1-14(4-2-3-5-20-14)13(19)17-21-10-6-9(8-16)12(18)11(15)7-10;1-14(17)10-16(11-14)8-2-3-9-18-13-6-4-12(15)5-7-13/h6-7,18H,2-5H2,1H3,(H,17,19);4-7,17H,2-3,8-11H2,1H3. The van der Waals surface area contributed by atoms with Gasteiger partial charge in [-0.25, -0.2) is 8.78 Å². The van der Waals surface area contributed by atoms with Gasteiger partial charge in [-0.15, -0.1) is 11.8 Å². The largest absolute Gasteiger partial charge is 0.504 e.